The van der Waals surface area contributed by atoms with Gasteiger partial charge in [0.2, 0.25) is 5.91 Å². The van der Waals surface area contributed by atoms with Crippen LogP contribution < -0.4 is 5.73 Å². The SMILES string of the molecule is CC1(c2ccc3ccc4ccccc4c3c2)C=C(C(N)=O)C=CC1. The Hall–Kier alpha value is -2.87. The number of nitrogens with two attached hydrogens (primary N) is 1. The molecule has 0 bridgehead atoms. The second-order valence-electron chi connectivity index (χ2n) is 6.71. The van der Waals surface area contributed by atoms with E-state index in [-0.39, 0.29) is 11.3 Å². The summed E-state index contributed by atoms with van der Waals surface area (Å²) in [5.41, 5.74) is 7.04. The number of primary amides is 1. The number of carbonyl (C=O) groups is 1. The summed E-state index contributed by atoms with van der Waals surface area (Å²) in [7, 11) is 0. The van der Waals surface area contributed by atoms with Gasteiger partial charge in [-0.15, -0.1) is 0 Å². The highest BCUT2D eigenvalue weighted by Gasteiger charge is 2.27. The summed E-state index contributed by atoms with van der Waals surface area (Å²) >= 11 is 0. The molecular weight excluding hydrogens is 294 g/mol. The minimum absolute atomic E-state index is 0.218. The lowest BCUT2D eigenvalue weighted by Crippen LogP contribution is -2.24. The molecule has 0 heterocycles. The molecule has 0 spiro atoms. The number of fused-ring (bicyclic) bond motifs is 3. The molecule has 0 saturated heterocycles. The molecule has 3 aromatic carbocycles. The number of rotatable bonds is 2. The standard InChI is InChI=1S/C22H19NO/c1-22(12-4-6-17(14-22)21(23)24)18-11-10-16-9-8-15-5-2-3-7-19(15)20(16)13-18/h2-11,13-14H,12H2,1H3,(H2,23,24). The van der Waals surface area contributed by atoms with Gasteiger partial charge in [0.15, 0.2) is 0 Å². The fourth-order valence-electron chi connectivity index (χ4n) is 3.59. The van der Waals surface area contributed by atoms with E-state index in [1.165, 1.54) is 27.1 Å². The van der Waals surface area contributed by atoms with Gasteiger partial charge in [0.05, 0.1) is 0 Å². The van der Waals surface area contributed by atoms with Crippen molar-refractivity contribution in [2.45, 2.75) is 18.8 Å². The molecule has 1 amide bonds. The molecule has 2 nitrogen and oxygen atoms in total. The molecule has 1 atom stereocenters. The van der Waals surface area contributed by atoms with Gasteiger partial charge in [-0.05, 0) is 39.6 Å². The van der Waals surface area contributed by atoms with Crippen LogP contribution in [0, 0.1) is 0 Å². The van der Waals surface area contributed by atoms with Crippen molar-refractivity contribution >= 4 is 27.5 Å². The van der Waals surface area contributed by atoms with E-state index in [0.717, 1.165) is 6.42 Å². The first-order valence-electron chi connectivity index (χ1n) is 8.18. The average Bonchev–Trinajstić information content (AvgIpc) is 2.61. The van der Waals surface area contributed by atoms with Crippen molar-refractivity contribution < 1.29 is 4.79 Å². The van der Waals surface area contributed by atoms with Gasteiger partial charge < -0.3 is 5.73 Å². The zero-order chi connectivity index (χ0) is 16.7. The van der Waals surface area contributed by atoms with E-state index in [2.05, 4.69) is 61.5 Å². The van der Waals surface area contributed by atoms with Crippen LogP contribution in [0.15, 0.2) is 78.4 Å². The van der Waals surface area contributed by atoms with Crippen LogP contribution >= 0.6 is 0 Å². The third-order valence-electron chi connectivity index (χ3n) is 5.00. The van der Waals surface area contributed by atoms with Crippen LogP contribution in [-0.2, 0) is 10.2 Å². The predicted octanol–water partition coefficient (Wildman–Crippen LogP) is 4.62. The summed E-state index contributed by atoms with van der Waals surface area (Å²) in [4.78, 5) is 11.6. The number of allylic oxidation sites excluding steroid dienone is 2. The first kappa shape index (κ1) is 14.7. The number of benzene rings is 3. The van der Waals surface area contributed by atoms with Gasteiger partial charge in [0.1, 0.15) is 0 Å². The first-order valence-corrected chi connectivity index (χ1v) is 8.18. The van der Waals surface area contributed by atoms with Crippen molar-refractivity contribution in [3.63, 3.8) is 0 Å². The van der Waals surface area contributed by atoms with Crippen LogP contribution in [0.5, 0.6) is 0 Å². The van der Waals surface area contributed by atoms with Gasteiger partial charge in [-0.3, -0.25) is 4.79 Å². The lowest BCUT2D eigenvalue weighted by molar-refractivity contribution is -0.114. The molecule has 2 N–H and O–H groups in total. The maximum absolute atomic E-state index is 11.6. The van der Waals surface area contributed by atoms with Crippen LogP contribution in [0.4, 0.5) is 0 Å². The summed E-state index contributed by atoms with van der Waals surface area (Å²) < 4.78 is 0. The molecule has 2 heteroatoms. The maximum Gasteiger partial charge on any atom is 0.248 e. The Balaban J connectivity index is 1.93. The molecule has 24 heavy (non-hydrogen) atoms. The number of amides is 1. The Morgan fingerprint density at radius 1 is 1.00 bits per heavy atom. The molecule has 118 valence electrons. The predicted molar refractivity (Wildman–Crippen MR) is 99.8 cm³/mol. The maximum atomic E-state index is 11.6. The molecule has 4 rings (SSSR count). The quantitative estimate of drug-likeness (QED) is 0.689. The second-order valence-corrected chi connectivity index (χ2v) is 6.71. The van der Waals surface area contributed by atoms with Crippen molar-refractivity contribution in [3.05, 3.63) is 84.0 Å². The Bertz CT molecular complexity index is 1030. The minimum atomic E-state index is -0.372. The van der Waals surface area contributed by atoms with Gasteiger partial charge >= 0.3 is 0 Å². The van der Waals surface area contributed by atoms with Crippen molar-refractivity contribution in [3.8, 4) is 0 Å². The van der Waals surface area contributed by atoms with Gasteiger partial charge in [-0.1, -0.05) is 73.7 Å². The van der Waals surface area contributed by atoms with Crippen LogP contribution in [0.1, 0.15) is 18.9 Å². The highest BCUT2D eigenvalue weighted by molar-refractivity contribution is 6.07. The zero-order valence-electron chi connectivity index (χ0n) is 13.6. The Labute approximate surface area is 141 Å². The van der Waals surface area contributed by atoms with Crippen molar-refractivity contribution in [1.82, 2.24) is 0 Å². The van der Waals surface area contributed by atoms with E-state index in [1.807, 2.05) is 18.2 Å². The monoisotopic (exact) mass is 313 g/mol. The van der Waals surface area contributed by atoms with Gasteiger partial charge in [-0.2, -0.15) is 0 Å². The van der Waals surface area contributed by atoms with E-state index >= 15 is 0 Å². The van der Waals surface area contributed by atoms with Crippen LogP contribution in [-0.4, -0.2) is 5.91 Å². The van der Waals surface area contributed by atoms with Crippen molar-refractivity contribution in [1.29, 1.82) is 0 Å². The lowest BCUT2D eigenvalue weighted by Gasteiger charge is -2.29. The minimum Gasteiger partial charge on any atom is -0.366 e. The smallest absolute Gasteiger partial charge is 0.248 e. The molecule has 0 saturated carbocycles. The molecule has 0 radical (unpaired) electrons. The second kappa shape index (κ2) is 5.34. The number of carbonyl (C=O) groups excluding carboxylic acids is 1. The van der Waals surface area contributed by atoms with Crippen molar-refractivity contribution in [2.75, 3.05) is 0 Å². The Morgan fingerprint density at radius 3 is 2.50 bits per heavy atom. The van der Waals surface area contributed by atoms with Crippen molar-refractivity contribution in [2.24, 2.45) is 5.73 Å². The average molecular weight is 313 g/mol. The molecule has 3 aromatic rings. The van der Waals surface area contributed by atoms with Crippen LogP contribution in [0.25, 0.3) is 21.5 Å². The summed E-state index contributed by atoms with van der Waals surface area (Å²) in [6, 6.07) is 19.3. The molecule has 0 fully saturated rings. The zero-order valence-corrected chi connectivity index (χ0v) is 13.6. The third-order valence-corrected chi connectivity index (χ3v) is 5.00. The van der Waals surface area contributed by atoms with Gasteiger partial charge in [0.25, 0.3) is 0 Å². The molecular formula is C22H19NO. The van der Waals surface area contributed by atoms with E-state index in [9.17, 15) is 4.79 Å². The molecule has 1 aliphatic carbocycles. The van der Waals surface area contributed by atoms with Crippen LogP contribution in [0.2, 0.25) is 0 Å². The first-order chi connectivity index (χ1) is 11.6. The molecule has 1 aliphatic rings. The summed E-state index contributed by atoms with van der Waals surface area (Å²) in [6.07, 6.45) is 6.72. The van der Waals surface area contributed by atoms with Gasteiger partial charge in [-0.25, -0.2) is 0 Å². The van der Waals surface area contributed by atoms with E-state index < -0.39 is 0 Å². The van der Waals surface area contributed by atoms with Crippen LogP contribution in [0.3, 0.4) is 0 Å². The van der Waals surface area contributed by atoms with E-state index in [1.54, 1.807) is 0 Å². The molecule has 0 aromatic heterocycles. The normalized spacial score (nSPS) is 20.3. The summed E-state index contributed by atoms with van der Waals surface area (Å²) in [5, 5.41) is 4.97. The molecule has 1 unspecified atom stereocenters. The van der Waals surface area contributed by atoms with E-state index in [0.29, 0.717) is 5.57 Å². The molecule has 0 aliphatic heterocycles. The Morgan fingerprint density at radius 2 is 1.71 bits per heavy atom. The highest BCUT2D eigenvalue weighted by atomic mass is 16.1. The number of hydrogen-bond donors (Lipinski definition) is 1. The van der Waals surface area contributed by atoms with E-state index in [4.69, 9.17) is 5.73 Å². The fourth-order valence-corrected chi connectivity index (χ4v) is 3.59. The van der Waals surface area contributed by atoms with Gasteiger partial charge in [0, 0.05) is 11.0 Å². The third kappa shape index (κ3) is 2.31. The summed E-state index contributed by atoms with van der Waals surface area (Å²) in [6.45, 7) is 2.16. The topological polar surface area (TPSA) is 43.1 Å². The lowest BCUT2D eigenvalue weighted by atomic mass is 9.75. The Kier molecular flexibility index (Phi) is 3.27. The highest BCUT2D eigenvalue weighted by Crippen LogP contribution is 2.37. The fraction of sp³-hybridized carbons (Fsp3) is 0.136. The largest absolute Gasteiger partial charge is 0.366 e. The summed E-state index contributed by atoms with van der Waals surface area (Å²) in [5.74, 6) is -0.372. The number of hydrogen-bond acceptors (Lipinski definition) is 1.